The highest BCUT2D eigenvalue weighted by Gasteiger charge is 2.63. The summed E-state index contributed by atoms with van der Waals surface area (Å²) in [5, 5.41) is 0. The highest BCUT2D eigenvalue weighted by atomic mass is 16.5. The van der Waals surface area contributed by atoms with Crippen molar-refractivity contribution in [1.82, 2.24) is 14.8 Å². The Morgan fingerprint density at radius 2 is 2.17 bits per heavy atom. The van der Waals surface area contributed by atoms with Gasteiger partial charge in [0.2, 0.25) is 5.91 Å². The molecule has 7 nitrogen and oxygen atoms in total. The minimum atomic E-state index is -0.657. The van der Waals surface area contributed by atoms with Crippen LogP contribution in [0.1, 0.15) is 40.9 Å². The van der Waals surface area contributed by atoms with Gasteiger partial charge in [0.25, 0.3) is 11.5 Å². The van der Waals surface area contributed by atoms with Crippen molar-refractivity contribution >= 4 is 11.8 Å². The fourth-order valence-corrected chi connectivity index (χ4v) is 4.86. The number of carbonyl (C=O) groups excluding carboxylic acids is 2. The normalized spacial score (nSPS) is 30.7. The molecule has 7 heteroatoms. The number of aryl methyl sites for hydroxylation is 2. The molecule has 3 saturated heterocycles. The standard InChI is InChI=1S/C17H19N3O4/c21-14-9-13-17(20(14)6-7-24-17)4-5-19(13)16(23)11-8-10-2-1-3-12(10)18-15(11)22/h8,13H,1-7,9H2,(H,18,22)/t13-,17+/m1/s1. The zero-order chi connectivity index (χ0) is 16.5. The van der Waals surface area contributed by atoms with E-state index in [0.29, 0.717) is 26.1 Å². The van der Waals surface area contributed by atoms with E-state index in [4.69, 9.17) is 4.74 Å². The summed E-state index contributed by atoms with van der Waals surface area (Å²) < 4.78 is 5.90. The van der Waals surface area contributed by atoms with E-state index in [-0.39, 0.29) is 35.4 Å². The summed E-state index contributed by atoms with van der Waals surface area (Å²) in [6, 6.07) is 1.46. The van der Waals surface area contributed by atoms with Crippen molar-refractivity contribution in [3.63, 3.8) is 0 Å². The average Bonchev–Trinajstić information content (AvgIpc) is 3.28. The maximum absolute atomic E-state index is 13.0. The smallest absolute Gasteiger partial charge is 0.261 e. The number of aromatic nitrogens is 1. The third-order valence-corrected chi connectivity index (χ3v) is 5.98. The predicted molar refractivity (Wildman–Crippen MR) is 83.5 cm³/mol. The van der Waals surface area contributed by atoms with Crippen LogP contribution in [0.3, 0.4) is 0 Å². The Labute approximate surface area is 138 Å². The second-order valence-corrected chi connectivity index (χ2v) is 7.08. The Kier molecular flexibility index (Phi) is 2.78. The Balaban J connectivity index is 1.51. The van der Waals surface area contributed by atoms with E-state index in [2.05, 4.69) is 4.98 Å². The molecule has 2 amide bonds. The number of hydrogen-bond donors (Lipinski definition) is 1. The molecule has 3 aliphatic heterocycles. The number of nitrogens with zero attached hydrogens (tertiary/aromatic N) is 2. The highest BCUT2D eigenvalue weighted by molar-refractivity contribution is 5.95. The fourth-order valence-electron chi connectivity index (χ4n) is 4.86. The molecule has 1 aromatic heterocycles. The maximum atomic E-state index is 13.0. The number of H-pyrrole nitrogens is 1. The first kappa shape index (κ1) is 14.2. The molecular weight excluding hydrogens is 310 g/mol. The fraction of sp³-hybridized carbons (Fsp3) is 0.588. The van der Waals surface area contributed by atoms with Crippen LogP contribution in [0.5, 0.6) is 0 Å². The van der Waals surface area contributed by atoms with E-state index < -0.39 is 5.72 Å². The number of rotatable bonds is 1. The lowest BCUT2D eigenvalue weighted by atomic mass is 10.1. The summed E-state index contributed by atoms with van der Waals surface area (Å²) in [6.07, 6.45) is 3.68. The van der Waals surface area contributed by atoms with Crippen LogP contribution in [0.25, 0.3) is 0 Å². The van der Waals surface area contributed by atoms with Gasteiger partial charge in [-0.15, -0.1) is 0 Å². The summed E-state index contributed by atoms with van der Waals surface area (Å²) in [7, 11) is 0. The zero-order valence-electron chi connectivity index (χ0n) is 13.3. The lowest BCUT2D eigenvalue weighted by Gasteiger charge is -2.31. The Bertz CT molecular complexity index is 817. The van der Waals surface area contributed by atoms with Crippen LogP contribution in [0.15, 0.2) is 10.9 Å². The van der Waals surface area contributed by atoms with E-state index in [1.165, 1.54) is 0 Å². The van der Waals surface area contributed by atoms with Crippen molar-refractivity contribution in [2.24, 2.45) is 0 Å². The van der Waals surface area contributed by atoms with Gasteiger partial charge in [-0.25, -0.2) is 0 Å². The molecular formula is C17H19N3O4. The number of fused-ring (bicyclic) bond motifs is 1. The SMILES string of the molecule is O=C(c1cc2c([nH]c1=O)CCC2)N1CC[C@@]23OCCN2C(=O)C[C@@H]13. The van der Waals surface area contributed by atoms with Crippen molar-refractivity contribution in [2.75, 3.05) is 19.7 Å². The predicted octanol–water partition coefficient (Wildman–Crippen LogP) is 0.0369. The van der Waals surface area contributed by atoms with Crippen molar-refractivity contribution < 1.29 is 14.3 Å². The molecule has 4 aliphatic rings. The number of nitrogens with one attached hydrogen (secondary N) is 1. The number of carbonyl (C=O) groups is 2. The number of amides is 2. The number of hydrogen-bond acceptors (Lipinski definition) is 4. The van der Waals surface area contributed by atoms with Gasteiger partial charge >= 0.3 is 0 Å². The average molecular weight is 329 g/mol. The molecule has 5 rings (SSSR count). The number of pyridine rings is 1. The Morgan fingerprint density at radius 3 is 3.04 bits per heavy atom. The minimum absolute atomic E-state index is 0.0397. The van der Waals surface area contributed by atoms with Gasteiger partial charge in [-0.05, 0) is 30.9 Å². The number of aromatic amines is 1. The van der Waals surface area contributed by atoms with E-state index in [9.17, 15) is 14.4 Å². The molecule has 0 radical (unpaired) electrons. The van der Waals surface area contributed by atoms with Crippen molar-refractivity contribution in [3.05, 3.63) is 33.2 Å². The van der Waals surface area contributed by atoms with Gasteiger partial charge < -0.3 is 19.5 Å². The molecule has 1 spiro atoms. The second-order valence-electron chi connectivity index (χ2n) is 7.08. The van der Waals surface area contributed by atoms with Gasteiger partial charge in [-0.2, -0.15) is 0 Å². The van der Waals surface area contributed by atoms with E-state index in [0.717, 1.165) is 30.5 Å². The summed E-state index contributed by atoms with van der Waals surface area (Å²) in [5.74, 6) is -0.240. The third kappa shape index (κ3) is 1.68. The van der Waals surface area contributed by atoms with Gasteiger partial charge in [0.05, 0.1) is 19.1 Å². The monoisotopic (exact) mass is 329 g/mol. The van der Waals surface area contributed by atoms with Crippen LogP contribution in [0.2, 0.25) is 0 Å². The van der Waals surface area contributed by atoms with E-state index in [1.807, 2.05) is 0 Å². The molecule has 1 aliphatic carbocycles. The van der Waals surface area contributed by atoms with Gasteiger partial charge in [0.1, 0.15) is 5.56 Å². The lowest BCUT2D eigenvalue weighted by molar-refractivity contribution is -0.136. The van der Waals surface area contributed by atoms with Crippen molar-refractivity contribution in [3.8, 4) is 0 Å². The topological polar surface area (TPSA) is 82.7 Å². The summed E-state index contributed by atoms with van der Waals surface area (Å²) in [6.45, 7) is 1.63. The van der Waals surface area contributed by atoms with Crippen LogP contribution in [0, 0.1) is 0 Å². The van der Waals surface area contributed by atoms with Gasteiger partial charge in [0, 0.05) is 25.2 Å². The molecule has 3 fully saturated rings. The van der Waals surface area contributed by atoms with Crippen LogP contribution < -0.4 is 5.56 Å². The number of likely N-dealkylation sites (tertiary alicyclic amines) is 1. The van der Waals surface area contributed by atoms with Crippen LogP contribution >= 0.6 is 0 Å². The zero-order valence-corrected chi connectivity index (χ0v) is 13.3. The largest absolute Gasteiger partial charge is 0.351 e. The Hall–Kier alpha value is -2.15. The quantitative estimate of drug-likeness (QED) is 0.788. The summed E-state index contributed by atoms with van der Waals surface area (Å²) in [4.78, 5) is 43.9. The Morgan fingerprint density at radius 1 is 1.29 bits per heavy atom. The first-order chi connectivity index (χ1) is 11.6. The minimum Gasteiger partial charge on any atom is -0.351 e. The first-order valence-electron chi connectivity index (χ1n) is 8.61. The number of ether oxygens (including phenoxy) is 1. The van der Waals surface area contributed by atoms with Crippen LogP contribution in [0.4, 0.5) is 0 Å². The van der Waals surface area contributed by atoms with Crippen LogP contribution in [-0.2, 0) is 22.4 Å². The molecule has 0 unspecified atom stereocenters. The van der Waals surface area contributed by atoms with E-state index >= 15 is 0 Å². The maximum Gasteiger partial charge on any atom is 0.261 e. The van der Waals surface area contributed by atoms with Crippen LogP contribution in [-0.4, -0.2) is 58.1 Å². The van der Waals surface area contributed by atoms with Gasteiger partial charge in [-0.1, -0.05) is 0 Å². The molecule has 2 atom stereocenters. The summed E-state index contributed by atoms with van der Waals surface area (Å²) >= 11 is 0. The van der Waals surface area contributed by atoms with Gasteiger partial charge in [-0.3, -0.25) is 14.4 Å². The van der Waals surface area contributed by atoms with E-state index in [1.54, 1.807) is 15.9 Å². The van der Waals surface area contributed by atoms with Crippen molar-refractivity contribution in [1.29, 1.82) is 0 Å². The molecule has 126 valence electrons. The van der Waals surface area contributed by atoms with Crippen molar-refractivity contribution in [2.45, 2.75) is 43.9 Å². The molecule has 24 heavy (non-hydrogen) atoms. The molecule has 1 N–H and O–H groups in total. The summed E-state index contributed by atoms with van der Waals surface area (Å²) in [5.41, 5.74) is 1.23. The molecule has 0 saturated carbocycles. The lowest BCUT2D eigenvalue weighted by Crippen LogP contribution is -2.49. The van der Waals surface area contributed by atoms with Gasteiger partial charge in [0.15, 0.2) is 5.72 Å². The third-order valence-electron chi connectivity index (χ3n) is 5.98. The second kappa shape index (κ2) is 4.69. The molecule has 4 heterocycles. The molecule has 0 bridgehead atoms. The molecule has 0 aromatic carbocycles. The highest BCUT2D eigenvalue weighted by Crippen LogP contribution is 2.45. The first-order valence-corrected chi connectivity index (χ1v) is 8.61. The molecule has 1 aromatic rings.